The SMILES string of the molecule is COC(=O)CC1CC(C)(C)C/C1=C\[Si](C)(C)c1ccccc1. The second-order valence-corrected chi connectivity index (χ2v) is 12.1. The minimum absolute atomic E-state index is 0.0900. The monoisotopic (exact) mass is 316 g/mol. The van der Waals surface area contributed by atoms with E-state index in [-0.39, 0.29) is 11.4 Å². The summed E-state index contributed by atoms with van der Waals surface area (Å²) in [6, 6.07) is 10.8. The van der Waals surface area contributed by atoms with E-state index < -0.39 is 8.07 Å². The van der Waals surface area contributed by atoms with E-state index in [1.54, 1.807) is 0 Å². The van der Waals surface area contributed by atoms with Gasteiger partial charge in [-0.15, -0.1) is 0 Å². The van der Waals surface area contributed by atoms with E-state index >= 15 is 0 Å². The first-order valence-electron chi connectivity index (χ1n) is 8.07. The van der Waals surface area contributed by atoms with Crippen molar-refractivity contribution in [1.29, 1.82) is 0 Å². The molecule has 0 bridgehead atoms. The molecule has 0 N–H and O–H groups in total. The van der Waals surface area contributed by atoms with E-state index in [1.165, 1.54) is 17.9 Å². The molecule has 0 aliphatic heterocycles. The lowest BCUT2D eigenvalue weighted by Gasteiger charge is -2.22. The van der Waals surface area contributed by atoms with Crippen molar-refractivity contribution in [3.05, 3.63) is 41.6 Å². The summed E-state index contributed by atoms with van der Waals surface area (Å²) in [6.07, 6.45) is 2.69. The zero-order valence-electron chi connectivity index (χ0n) is 14.5. The molecule has 1 aromatic rings. The van der Waals surface area contributed by atoms with Crippen LogP contribution < -0.4 is 5.19 Å². The Kier molecular flexibility index (Phi) is 4.96. The van der Waals surface area contributed by atoms with Gasteiger partial charge in [-0.3, -0.25) is 4.79 Å². The molecule has 1 atom stereocenters. The molecule has 0 saturated heterocycles. The Hall–Kier alpha value is -1.35. The summed E-state index contributed by atoms with van der Waals surface area (Å²) in [5.41, 5.74) is 4.27. The molecule has 120 valence electrons. The molecular weight excluding hydrogens is 288 g/mol. The number of hydrogen-bond donors (Lipinski definition) is 0. The van der Waals surface area contributed by atoms with Crippen LogP contribution in [0.1, 0.15) is 33.1 Å². The highest BCUT2D eigenvalue weighted by atomic mass is 28.3. The fourth-order valence-corrected chi connectivity index (χ4v) is 6.12. The average Bonchev–Trinajstić information content (AvgIpc) is 2.73. The number of methoxy groups -OCH3 is 1. The van der Waals surface area contributed by atoms with Gasteiger partial charge in [-0.2, -0.15) is 0 Å². The highest BCUT2D eigenvalue weighted by Gasteiger charge is 2.37. The first-order valence-corrected chi connectivity index (χ1v) is 11.2. The number of benzene rings is 1. The Morgan fingerprint density at radius 1 is 1.32 bits per heavy atom. The minimum atomic E-state index is -1.62. The van der Waals surface area contributed by atoms with Crippen LogP contribution in [0.25, 0.3) is 0 Å². The molecule has 0 amide bonds. The fourth-order valence-electron chi connectivity index (χ4n) is 3.64. The summed E-state index contributed by atoms with van der Waals surface area (Å²) < 4.78 is 4.89. The molecule has 1 unspecified atom stereocenters. The second kappa shape index (κ2) is 6.41. The number of ether oxygens (including phenoxy) is 1. The van der Waals surface area contributed by atoms with E-state index in [1.807, 2.05) is 0 Å². The third-order valence-corrected chi connectivity index (χ3v) is 7.62. The molecule has 1 aromatic carbocycles. The van der Waals surface area contributed by atoms with Crippen LogP contribution in [-0.4, -0.2) is 21.2 Å². The maximum absolute atomic E-state index is 11.7. The van der Waals surface area contributed by atoms with E-state index in [2.05, 4.69) is 63.0 Å². The van der Waals surface area contributed by atoms with Crippen molar-refractivity contribution >= 4 is 19.2 Å². The summed E-state index contributed by atoms with van der Waals surface area (Å²) in [5.74, 6) is 0.255. The van der Waals surface area contributed by atoms with E-state index in [0.29, 0.717) is 12.3 Å². The van der Waals surface area contributed by atoms with Gasteiger partial charge in [0.25, 0.3) is 0 Å². The van der Waals surface area contributed by atoms with Gasteiger partial charge in [-0.25, -0.2) is 0 Å². The first kappa shape index (κ1) is 17.0. The van der Waals surface area contributed by atoms with Gasteiger partial charge in [-0.1, -0.05) is 73.7 Å². The van der Waals surface area contributed by atoms with Crippen LogP contribution in [-0.2, 0) is 9.53 Å². The highest BCUT2D eigenvalue weighted by Crippen LogP contribution is 2.46. The third kappa shape index (κ3) is 4.10. The molecule has 2 rings (SSSR count). The van der Waals surface area contributed by atoms with E-state index in [4.69, 9.17) is 4.74 Å². The van der Waals surface area contributed by atoms with E-state index in [9.17, 15) is 4.79 Å². The summed E-state index contributed by atoms with van der Waals surface area (Å²) in [7, 11) is -0.144. The maximum atomic E-state index is 11.7. The van der Waals surface area contributed by atoms with Crippen LogP contribution in [0.15, 0.2) is 41.6 Å². The first-order chi connectivity index (χ1) is 10.2. The van der Waals surface area contributed by atoms with Crippen molar-refractivity contribution in [1.82, 2.24) is 0 Å². The van der Waals surface area contributed by atoms with Crippen LogP contribution in [0.3, 0.4) is 0 Å². The van der Waals surface area contributed by atoms with Gasteiger partial charge in [0.1, 0.15) is 8.07 Å². The maximum Gasteiger partial charge on any atom is 0.306 e. The Labute approximate surface area is 135 Å². The zero-order valence-corrected chi connectivity index (χ0v) is 15.5. The van der Waals surface area contributed by atoms with Gasteiger partial charge in [-0.05, 0) is 24.2 Å². The number of hydrogen-bond acceptors (Lipinski definition) is 2. The fraction of sp³-hybridized carbons (Fsp3) is 0.526. The zero-order chi connectivity index (χ0) is 16.4. The molecule has 3 heteroatoms. The highest BCUT2D eigenvalue weighted by molar-refractivity contribution is 6.94. The van der Waals surface area contributed by atoms with Crippen LogP contribution >= 0.6 is 0 Å². The average molecular weight is 317 g/mol. The van der Waals surface area contributed by atoms with Crippen molar-refractivity contribution < 1.29 is 9.53 Å². The summed E-state index contributed by atoms with van der Waals surface area (Å²) in [5, 5.41) is 1.45. The van der Waals surface area contributed by atoms with Gasteiger partial charge in [0.15, 0.2) is 0 Å². The van der Waals surface area contributed by atoms with Gasteiger partial charge in [0.05, 0.1) is 13.5 Å². The Bertz CT molecular complexity index is 558. The molecule has 22 heavy (non-hydrogen) atoms. The number of carbonyl (C=O) groups excluding carboxylic acids is 1. The lowest BCUT2D eigenvalue weighted by molar-refractivity contribution is -0.141. The lowest BCUT2D eigenvalue weighted by Crippen LogP contribution is -2.40. The Morgan fingerprint density at radius 2 is 1.95 bits per heavy atom. The van der Waals surface area contributed by atoms with Crippen molar-refractivity contribution in [2.45, 2.75) is 46.2 Å². The molecular formula is C19H28O2Si. The molecule has 1 fully saturated rings. The molecule has 0 radical (unpaired) electrons. The van der Waals surface area contributed by atoms with Gasteiger partial charge >= 0.3 is 5.97 Å². The lowest BCUT2D eigenvalue weighted by atomic mass is 9.90. The van der Waals surface area contributed by atoms with Crippen LogP contribution in [0, 0.1) is 11.3 Å². The second-order valence-electron chi connectivity index (χ2n) is 7.83. The predicted octanol–water partition coefficient (Wildman–Crippen LogP) is 4.07. The van der Waals surface area contributed by atoms with Gasteiger partial charge in [0.2, 0.25) is 0 Å². The molecule has 1 aliphatic carbocycles. The summed E-state index contributed by atoms with van der Waals surface area (Å²) in [4.78, 5) is 11.7. The van der Waals surface area contributed by atoms with Crippen molar-refractivity contribution in [3.63, 3.8) is 0 Å². The van der Waals surface area contributed by atoms with Crippen molar-refractivity contribution in [2.75, 3.05) is 7.11 Å². The topological polar surface area (TPSA) is 26.3 Å². The molecule has 2 nitrogen and oxygen atoms in total. The molecule has 0 heterocycles. The number of allylic oxidation sites excluding steroid dienone is 1. The van der Waals surface area contributed by atoms with Gasteiger partial charge < -0.3 is 4.74 Å². The predicted molar refractivity (Wildman–Crippen MR) is 94.8 cm³/mol. The number of rotatable bonds is 4. The summed E-state index contributed by atoms with van der Waals surface area (Å²) >= 11 is 0. The Morgan fingerprint density at radius 3 is 2.55 bits per heavy atom. The van der Waals surface area contributed by atoms with Crippen molar-refractivity contribution in [2.24, 2.45) is 11.3 Å². The Balaban J connectivity index is 2.28. The van der Waals surface area contributed by atoms with Crippen LogP contribution in [0.2, 0.25) is 13.1 Å². The molecule has 1 aliphatic rings. The summed E-state index contributed by atoms with van der Waals surface area (Å²) in [6.45, 7) is 9.37. The quantitative estimate of drug-likeness (QED) is 0.618. The largest absolute Gasteiger partial charge is 0.469 e. The van der Waals surface area contributed by atoms with Gasteiger partial charge in [0, 0.05) is 0 Å². The minimum Gasteiger partial charge on any atom is -0.469 e. The van der Waals surface area contributed by atoms with Crippen LogP contribution in [0.4, 0.5) is 0 Å². The molecule has 0 aromatic heterocycles. The number of carbonyl (C=O) groups is 1. The van der Waals surface area contributed by atoms with E-state index in [0.717, 1.165) is 12.8 Å². The standard InChI is InChI=1S/C19H28O2Si/c1-19(2)12-15(11-18(20)21-3)16(13-19)14-22(4,5)17-9-7-6-8-10-17/h6-10,14-15H,11-13H2,1-5H3/b16-14+. The van der Waals surface area contributed by atoms with Crippen molar-refractivity contribution in [3.8, 4) is 0 Å². The molecule has 1 saturated carbocycles. The third-order valence-electron chi connectivity index (χ3n) is 4.71. The number of esters is 1. The van der Waals surface area contributed by atoms with Crippen LogP contribution in [0.5, 0.6) is 0 Å². The normalized spacial score (nSPS) is 22.8. The smallest absolute Gasteiger partial charge is 0.306 e. The molecule has 0 spiro atoms.